The van der Waals surface area contributed by atoms with Crippen LogP contribution in [0, 0.1) is 0 Å². The first-order valence-corrected chi connectivity index (χ1v) is 8.09. The number of rotatable bonds is 8. The Balaban J connectivity index is 2.83. The fourth-order valence-corrected chi connectivity index (χ4v) is 2.81. The second-order valence-corrected chi connectivity index (χ2v) is 5.43. The molecule has 1 N–H and O–H groups in total. The minimum atomic E-state index is 0.0729. The molecule has 1 rings (SSSR count). The highest BCUT2D eigenvalue weighted by molar-refractivity contribution is 9.10. The van der Waals surface area contributed by atoms with E-state index in [1.165, 1.54) is 0 Å². The van der Waals surface area contributed by atoms with Crippen molar-refractivity contribution in [2.75, 3.05) is 19.6 Å². The van der Waals surface area contributed by atoms with Gasteiger partial charge in [-0.2, -0.15) is 5.10 Å². The molecule has 0 fully saturated rings. The summed E-state index contributed by atoms with van der Waals surface area (Å²) in [7, 11) is 0. The van der Waals surface area contributed by atoms with E-state index in [4.69, 9.17) is 0 Å². The molecule has 6 heteroatoms. The van der Waals surface area contributed by atoms with Gasteiger partial charge in [0.15, 0.2) is 0 Å². The van der Waals surface area contributed by atoms with Gasteiger partial charge in [0.2, 0.25) is 5.91 Å². The SMILES string of the molecule is CCNC(=O)CN(CC)Cc1c(Br)c(CC)nn1CC. The Morgan fingerprint density at radius 2 is 2.05 bits per heavy atom. The van der Waals surface area contributed by atoms with Crippen LogP contribution in [-0.2, 0) is 24.3 Å². The van der Waals surface area contributed by atoms with Gasteiger partial charge in [-0.05, 0) is 42.7 Å². The molecule has 0 spiro atoms. The third-order valence-corrected chi connectivity index (χ3v) is 4.17. The summed E-state index contributed by atoms with van der Waals surface area (Å²) in [6.07, 6.45) is 0.906. The maximum atomic E-state index is 11.7. The van der Waals surface area contributed by atoms with Gasteiger partial charge in [-0.15, -0.1) is 0 Å². The van der Waals surface area contributed by atoms with Crippen molar-refractivity contribution in [2.45, 2.75) is 47.2 Å². The third kappa shape index (κ3) is 4.31. The number of nitrogens with one attached hydrogen (secondary N) is 1. The Labute approximate surface area is 129 Å². The lowest BCUT2D eigenvalue weighted by Gasteiger charge is -2.20. The monoisotopic (exact) mass is 344 g/mol. The normalized spacial score (nSPS) is 11.1. The number of aryl methyl sites for hydroxylation is 2. The Hall–Kier alpha value is -0.880. The topological polar surface area (TPSA) is 50.2 Å². The Morgan fingerprint density at radius 1 is 1.35 bits per heavy atom. The minimum Gasteiger partial charge on any atom is -0.355 e. The number of halogens is 1. The van der Waals surface area contributed by atoms with E-state index < -0.39 is 0 Å². The first-order valence-electron chi connectivity index (χ1n) is 7.30. The van der Waals surface area contributed by atoms with Crippen LogP contribution < -0.4 is 5.32 Å². The van der Waals surface area contributed by atoms with E-state index in [1.807, 2.05) is 11.6 Å². The van der Waals surface area contributed by atoms with Crippen LogP contribution in [0.2, 0.25) is 0 Å². The molecule has 5 nitrogen and oxygen atoms in total. The lowest BCUT2D eigenvalue weighted by molar-refractivity contribution is -0.122. The van der Waals surface area contributed by atoms with Crippen molar-refractivity contribution in [3.63, 3.8) is 0 Å². The molecule has 1 amide bonds. The largest absolute Gasteiger partial charge is 0.355 e. The summed E-state index contributed by atoms with van der Waals surface area (Å²) in [5.74, 6) is 0.0729. The highest BCUT2D eigenvalue weighted by atomic mass is 79.9. The van der Waals surface area contributed by atoms with E-state index >= 15 is 0 Å². The predicted molar refractivity (Wildman–Crippen MR) is 84.6 cm³/mol. The molecule has 1 aromatic heterocycles. The van der Waals surface area contributed by atoms with Crippen molar-refractivity contribution < 1.29 is 4.79 Å². The van der Waals surface area contributed by atoms with Crippen LogP contribution in [0.4, 0.5) is 0 Å². The first-order chi connectivity index (χ1) is 9.57. The molecule has 0 aromatic carbocycles. The van der Waals surface area contributed by atoms with Crippen molar-refractivity contribution in [1.29, 1.82) is 0 Å². The fraction of sp³-hybridized carbons (Fsp3) is 0.714. The van der Waals surface area contributed by atoms with E-state index in [2.05, 4.69) is 52.0 Å². The van der Waals surface area contributed by atoms with Gasteiger partial charge in [-0.3, -0.25) is 14.4 Å². The lowest BCUT2D eigenvalue weighted by Crippen LogP contribution is -2.37. The summed E-state index contributed by atoms with van der Waals surface area (Å²) in [4.78, 5) is 13.8. The van der Waals surface area contributed by atoms with Crippen molar-refractivity contribution in [1.82, 2.24) is 20.0 Å². The number of amides is 1. The zero-order chi connectivity index (χ0) is 15.1. The third-order valence-electron chi connectivity index (χ3n) is 3.26. The number of carbonyl (C=O) groups excluding carboxylic acids is 1. The van der Waals surface area contributed by atoms with Gasteiger partial charge in [0.05, 0.1) is 22.4 Å². The average molecular weight is 345 g/mol. The number of aromatic nitrogens is 2. The van der Waals surface area contributed by atoms with Crippen LogP contribution >= 0.6 is 15.9 Å². The van der Waals surface area contributed by atoms with Crippen LogP contribution in [0.25, 0.3) is 0 Å². The average Bonchev–Trinajstić information content (AvgIpc) is 2.74. The van der Waals surface area contributed by atoms with E-state index in [0.717, 1.165) is 41.9 Å². The summed E-state index contributed by atoms with van der Waals surface area (Å²) in [5.41, 5.74) is 2.23. The molecular formula is C14H25BrN4O. The highest BCUT2D eigenvalue weighted by Crippen LogP contribution is 2.23. The summed E-state index contributed by atoms with van der Waals surface area (Å²) in [5, 5.41) is 7.43. The predicted octanol–water partition coefficient (Wildman–Crippen LogP) is 2.19. The van der Waals surface area contributed by atoms with Gasteiger partial charge in [0, 0.05) is 19.6 Å². The molecule has 0 atom stereocenters. The summed E-state index contributed by atoms with van der Waals surface area (Å²) >= 11 is 3.65. The van der Waals surface area contributed by atoms with Crippen molar-refractivity contribution in [2.24, 2.45) is 0 Å². The van der Waals surface area contributed by atoms with Crippen molar-refractivity contribution in [3.05, 3.63) is 15.9 Å². The Bertz CT molecular complexity index is 445. The molecule has 0 aliphatic heterocycles. The van der Waals surface area contributed by atoms with Crippen molar-refractivity contribution >= 4 is 21.8 Å². The smallest absolute Gasteiger partial charge is 0.234 e. The van der Waals surface area contributed by atoms with Gasteiger partial charge in [0.1, 0.15) is 0 Å². The van der Waals surface area contributed by atoms with Crippen LogP contribution in [0.5, 0.6) is 0 Å². The zero-order valence-corrected chi connectivity index (χ0v) is 14.5. The van der Waals surface area contributed by atoms with Crippen molar-refractivity contribution in [3.8, 4) is 0 Å². The summed E-state index contributed by atoms with van der Waals surface area (Å²) in [6.45, 7) is 11.7. The van der Waals surface area contributed by atoms with E-state index in [9.17, 15) is 4.79 Å². The Morgan fingerprint density at radius 3 is 2.55 bits per heavy atom. The number of carbonyl (C=O) groups is 1. The van der Waals surface area contributed by atoms with E-state index in [0.29, 0.717) is 13.1 Å². The van der Waals surface area contributed by atoms with Crippen LogP contribution in [-0.4, -0.2) is 40.2 Å². The first kappa shape index (κ1) is 17.2. The molecule has 0 saturated carbocycles. The van der Waals surface area contributed by atoms with Gasteiger partial charge >= 0.3 is 0 Å². The minimum absolute atomic E-state index is 0.0729. The number of nitrogens with zero attached hydrogens (tertiary/aromatic N) is 3. The van der Waals surface area contributed by atoms with Crippen LogP contribution in [0.15, 0.2) is 4.47 Å². The molecule has 20 heavy (non-hydrogen) atoms. The molecule has 114 valence electrons. The molecular weight excluding hydrogens is 320 g/mol. The fourth-order valence-electron chi connectivity index (χ4n) is 2.12. The quantitative estimate of drug-likeness (QED) is 0.786. The molecule has 1 heterocycles. The van der Waals surface area contributed by atoms with Crippen LogP contribution in [0.1, 0.15) is 39.1 Å². The highest BCUT2D eigenvalue weighted by Gasteiger charge is 2.17. The number of hydrogen-bond acceptors (Lipinski definition) is 3. The number of hydrogen-bond donors (Lipinski definition) is 1. The molecule has 1 aromatic rings. The maximum absolute atomic E-state index is 11.7. The molecule has 0 bridgehead atoms. The molecule has 0 saturated heterocycles. The molecule has 0 unspecified atom stereocenters. The van der Waals surface area contributed by atoms with Crippen LogP contribution in [0.3, 0.4) is 0 Å². The van der Waals surface area contributed by atoms with Gasteiger partial charge < -0.3 is 5.32 Å². The lowest BCUT2D eigenvalue weighted by atomic mass is 10.3. The van der Waals surface area contributed by atoms with Gasteiger partial charge in [-0.1, -0.05) is 13.8 Å². The molecule has 0 radical (unpaired) electrons. The molecule has 0 aliphatic rings. The zero-order valence-electron chi connectivity index (χ0n) is 12.9. The standard InChI is InChI=1S/C14H25BrN4O/c1-5-11-14(15)12(19(8-4)17-11)9-18(7-3)10-13(20)16-6-2/h5-10H2,1-4H3,(H,16,20). The summed E-state index contributed by atoms with van der Waals surface area (Å²) in [6, 6.07) is 0. The summed E-state index contributed by atoms with van der Waals surface area (Å²) < 4.78 is 3.10. The second kappa shape index (κ2) is 8.42. The maximum Gasteiger partial charge on any atom is 0.234 e. The Kier molecular flexibility index (Phi) is 7.23. The molecule has 0 aliphatic carbocycles. The number of likely N-dealkylation sites (N-methyl/N-ethyl adjacent to an activating group) is 2. The van der Waals surface area contributed by atoms with Gasteiger partial charge in [0.25, 0.3) is 0 Å². The second-order valence-electron chi connectivity index (χ2n) is 4.63. The van der Waals surface area contributed by atoms with Gasteiger partial charge in [-0.25, -0.2) is 0 Å². The van der Waals surface area contributed by atoms with E-state index in [-0.39, 0.29) is 5.91 Å². The van der Waals surface area contributed by atoms with E-state index in [1.54, 1.807) is 0 Å².